The van der Waals surface area contributed by atoms with Crippen LogP contribution in [-0.4, -0.2) is 24.7 Å². The van der Waals surface area contributed by atoms with Crippen molar-refractivity contribution in [3.8, 4) is 0 Å². The molecular formula is C15H20ClFN2. The van der Waals surface area contributed by atoms with E-state index in [0.29, 0.717) is 18.1 Å². The molecule has 3 rings (SSSR count). The van der Waals surface area contributed by atoms with Crippen LogP contribution in [0.2, 0.25) is 5.02 Å². The van der Waals surface area contributed by atoms with Gasteiger partial charge in [-0.3, -0.25) is 0 Å². The Morgan fingerprint density at radius 1 is 1.32 bits per heavy atom. The fraction of sp³-hybridized carbons (Fsp3) is 0.600. The van der Waals surface area contributed by atoms with E-state index in [0.717, 1.165) is 12.2 Å². The summed E-state index contributed by atoms with van der Waals surface area (Å²) < 4.78 is 13.3. The summed E-state index contributed by atoms with van der Waals surface area (Å²) in [6, 6.07) is 6.90. The van der Waals surface area contributed by atoms with Crippen LogP contribution < -0.4 is 10.2 Å². The van der Waals surface area contributed by atoms with E-state index in [1.807, 2.05) is 6.07 Å². The molecule has 2 nitrogen and oxygen atoms in total. The van der Waals surface area contributed by atoms with Crippen molar-refractivity contribution in [3.63, 3.8) is 0 Å². The topological polar surface area (TPSA) is 15.3 Å². The Kier molecular flexibility index (Phi) is 3.68. The van der Waals surface area contributed by atoms with Crippen molar-refractivity contribution in [2.24, 2.45) is 0 Å². The summed E-state index contributed by atoms with van der Waals surface area (Å²) in [5.74, 6) is -0.333. The first-order valence-electron chi connectivity index (χ1n) is 7.15. The molecule has 104 valence electrons. The van der Waals surface area contributed by atoms with Gasteiger partial charge < -0.3 is 10.2 Å². The van der Waals surface area contributed by atoms with Crippen molar-refractivity contribution in [2.75, 3.05) is 11.4 Å². The quantitative estimate of drug-likeness (QED) is 0.911. The number of benzene rings is 1. The Balaban J connectivity index is 1.81. The standard InChI is InChI=1S/C15H20ClFN2/c1-2-18-10-7-11-3-4-12(8-10)19(11)13-5-6-15(17)14(16)9-13/h5-6,9-12,18H,2-4,7-8H2,1H3. The number of hydrogen-bond acceptors (Lipinski definition) is 2. The number of rotatable bonds is 3. The third kappa shape index (κ3) is 2.46. The molecule has 0 spiro atoms. The molecule has 2 aliphatic rings. The average molecular weight is 283 g/mol. The van der Waals surface area contributed by atoms with Crippen LogP contribution in [-0.2, 0) is 0 Å². The summed E-state index contributed by atoms with van der Waals surface area (Å²) in [6.45, 7) is 3.19. The highest BCUT2D eigenvalue weighted by Crippen LogP contribution is 2.40. The van der Waals surface area contributed by atoms with E-state index in [9.17, 15) is 4.39 Å². The number of anilines is 1. The molecule has 0 saturated carbocycles. The van der Waals surface area contributed by atoms with E-state index in [-0.39, 0.29) is 10.8 Å². The highest BCUT2D eigenvalue weighted by molar-refractivity contribution is 6.31. The average Bonchev–Trinajstić information content (AvgIpc) is 2.65. The van der Waals surface area contributed by atoms with Gasteiger partial charge in [-0.1, -0.05) is 18.5 Å². The highest BCUT2D eigenvalue weighted by Gasteiger charge is 2.40. The molecule has 4 heteroatoms. The van der Waals surface area contributed by atoms with Crippen molar-refractivity contribution < 1.29 is 4.39 Å². The molecule has 2 unspecified atom stereocenters. The van der Waals surface area contributed by atoms with Gasteiger partial charge in [0.05, 0.1) is 5.02 Å². The number of halogens is 2. The van der Waals surface area contributed by atoms with Crippen molar-refractivity contribution in [1.82, 2.24) is 5.32 Å². The van der Waals surface area contributed by atoms with Crippen molar-refractivity contribution >= 4 is 17.3 Å². The van der Waals surface area contributed by atoms with Gasteiger partial charge in [0.15, 0.2) is 0 Å². The molecule has 2 fully saturated rings. The Bertz CT molecular complexity index is 451. The number of nitrogens with zero attached hydrogens (tertiary/aromatic N) is 1. The van der Waals surface area contributed by atoms with Crippen molar-refractivity contribution in [2.45, 2.75) is 50.7 Å². The lowest BCUT2D eigenvalue weighted by atomic mass is 9.96. The van der Waals surface area contributed by atoms with Crippen LogP contribution in [0.15, 0.2) is 18.2 Å². The first kappa shape index (κ1) is 13.2. The van der Waals surface area contributed by atoms with Crippen LogP contribution >= 0.6 is 11.6 Å². The van der Waals surface area contributed by atoms with Gasteiger partial charge in [-0.15, -0.1) is 0 Å². The second kappa shape index (κ2) is 5.29. The summed E-state index contributed by atoms with van der Waals surface area (Å²) >= 11 is 5.91. The largest absolute Gasteiger partial charge is 0.365 e. The number of nitrogens with one attached hydrogen (secondary N) is 1. The number of fused-ring (bicyclic) bond motifs is 2. The van der Waals surface area contributed by atoms with E-state index < -0.39 is 0 Å². The fourth-order valence-corrected chi connectivity index (χ4v) is 3.87. The maximum atomic E-state index is 13.3. The van der Waals surface area contributed by atoms with Gasteiger partial charge in [0, 0.05) is 23.8 Å². The van der Waals surface area contributed by atoms with Gasteiger partial charge in [-0.05, 0) is 50.4 Å². The summed E-state index contributed by atoms with van der Waals surface area (Å²) in [7, 11) is 0. The molecule has 1 aromatic carbocycles. The lowest BCUT2D eigenvalue weighted by Crippen LogP contribution is -2.49. The highest BCUT2D eigenvalue weighted by atomic mass is 35.5. The molecule has 2 bridgehead atoms. The van der Waals surface area contributed by atoms with E-state index in [1.54, 1.807) is 6.07 Å². The predicted molar refractivity (Wildman–Crippen MR) is 77.4 cm³/mol. The van der Waals surface area contributed by atoms with Crippen LogP contribution in [0.5, 0.6) is 0 Å². The van der Waals surface area contributed by atoms with Crippen molar-refractivity contribution in [3.05, 3.63) is 29.0 Å². The van der Waals surface area contributed by atoms with Gasteiger partial charge in [0.25, 0.3) is 0 Å². The van der Waals surface area contributed by atoms with Gasteiger partial charge >= 0.3 is 0 Å². The molecule has 0 aliphatic carbocycles. The minimum atomic E-state index is -0.333. The third-order valence-electron chi connectivity index (χ3n) is 4.43. The molecule has 2 atom stereocenters. The van der Waals surface area contributed by atoms with Crippen LogP contribution in [0.4, 0.5) is 10.1 Å². The molecule has 0 aromatic heterocycles. The van der Waals surface area contributed by atoms with Gasteiger partial charge in [-0.25, -0.2) is 4.39 Å². The van der Waals surface area contributed by atoms with E-state index in [2.05, 4.69) is 17.1 Å². The molecule has 0 radical (unpaired) electrons. The summed E-state index contributed by atoms with van der Waals surface area (Å²) in [5, 5.41) is 3.79. The minimum Gasteiger partial charge on any atom is -0.365 e. The van der Waals surface area contributed by atoms with Gasteiger partial charge in [0.2, 0.25) is 0 Å². The first-order chi connectivity index (χ1) is 9.19. The first-order valence-corrected chi connectivity index (χ1v) is 7.53. The summed E-state index contributed by atoms with van der Waals surface area (Å²) in [5.41, 5.74) is 1.08. The van der Waals surface area contributed by atoms with Gasteiger partial charge in [-0.2, -0.15) is 0 Å². The normalized spacial score (nSPS) is 29.8. The SMILES string of the molecule is CCNC1CC2CCC(C1)N2c1ccc(F)c(Cl)c1. The molecule has 0 amide bonds. The lowest BCUT2D eigenvalue weighted by molar-refractivity contribution is 0.361. The number of hydrogen-bond donors (Lipinski definition) is 1. The van der Waals surface area contributed by atoms with E-state index in [1.165, 1.54) is 31.7 Å². The van der Waals surface area contributed by atoms with Crippen LogP contribution in [0, 0.1) is 5.82 Å². The zero-order valence-electron chi connectivity index (χ0n) is 11.2. The van der Waals surface area contributed by atoms with Gasteiger partial charge in [0.1, 0.15) is 5.82 Å². The second-order valence-corrected chi connectivity index (χ2v) is 6.02. The third-order valence-corrected chi connectivity index (χ3v) is 4.72. The molecule has 19 heavy (non-hydrogen) atoms. The number of piperidine rings is 1. The summed E-state index contributed by atoms with van der Waals surface area (Å²) in [6.07, 6.45) is 4.84. The van der Waals surface area contributed by atoms with Crippen molar-refractivity contribution in [1.29, 1.82) is 0 Å². The Labute approximate surface area is 118 Å². The Morgan fingerprint density at radius 3 is 2.58 bits per heavy atom. The molecule has 1 N–H and O–H groups in total. The molecule has 2 heterocycles. The maximum Gasteiger partial charge on any atom is 0.141 e. The Hall–Kier alpha value is -0.800. The summed E-state index contributed by atoms with van der Waals surface area (Å²) in [4.78, 5) is 2.46. The van der Waals surface area contributed by atoms with Crippen LogP contribution in [0.25, 0.3) is 0 Å². The fourth-order valence-electron chi connectivity index (χ4n) is 3.70. The second-order valence-electron chi connectivity index (χ2n) is 5.62. The Morgan fingerprint density at radius 2 is 2.00 bits per heavy atom. The smallest absolute Gasteiger partial charge is 0.141 e. The van der Waals surface area contributed by atoms with Crippen LogP contribution in [0.3, 0.4) is 0 Å². The molecule has 1 aromatic rings. The minimum absolute atomic E-state index is 0.228. The molecule has 2 aliphatic heterocycles. The maximum absolute atomic E-state index is 13.3. The van der Waals surface area contributed by atoms with E-state index >= 15 is 0 Å². The zero-order valence-corrected chi connectivity index (χ0v) is 12.0. The van der Waals surface area contributed by atoms with E-state index in [4.69, 9.17) is 11.6 Å². The molecular weight excluding hydrogens is 263 g/mol. The molecule has 2 saturated heterocycles. The monoisotopic (exact) mass is 282 g/mol. The predicted octanol–water partition coefficient (Wildman–Crippen LogP) is 3.59. The zero-order chi connectivity index (χ0) is 13.4. The van der Waals surface area contributed by atoms with Crippen LogP contribution in [0.1, 0.15) is 32.6 Å². The lowest BCUT2D eigenvalue weighted by Gasteiger charge is -2.41.